The van der Waals surface area contributed by atoms with Gasteiger partial charge in [0.1, 0.15) is 11.8 Å². The van der Waals surface area contributed by atoms with Crippen LogP contribution in [0, 0.1) is 5.92 Å². The lowest BCUT2D eigenvalue weighted by Gasteiger charge is -2.19. The maximum atomic E-state index is 11.7. The number of aromatic nitrogens is 4. The van der Waals surface area contributed by atoms with E-state index in [1.54, 1.807) is 11.6 Å². The van der Waals surface area contributed by atoms with Crippen LogP contribution < -0.4 is 10.1 Å². The Kier molecular flexibility index (Phi) is 5.29. The number of anilines is 1. The van der Waals surface area contributed by atoms with E-state index in [4.69, 9.17) is 9.72 Å². The molecular formula is C21H20BrN5O3. The molecule has 1 atom stereocenters. The second-order valence-electron chi connectivity index (χ2n) is 7.17. The summed E-state index contributed by atoms with van der Waals surface area (Å²) in [5.41, 5.74) is 2.07. The number of halogens is 1. The molecule has 0 aliphatic rings. The first-order valence-electron chi connectivity index (χ1n) is 9.38. The minimum Gasteiger partial charge on any atom is -0.497 e. The van der Waals surface area contributed by atoms with Crippen LogP contribution in [0.5, 0.6) is 5.75 Å². The molecule has 30 heavy (non-hydrogen) atoms. The third-order valence-electron chi connectivity index (χ3n) is 4.82. The van der Waals surface area contributed by atoms with E-state index in [1.165, 1.54) is 0 Å². The Morgan fingerprint density at radius 3 is 2.53 bits per heavy atom. The van der Waals surface area contributed by atoms with Crippen LogP contribution in [0.2, 0.25) is 0 Å². The van der Waals surface area contributed by atoms with Crippen LogP contribution in [0.15, 0.2) is 46.9 Å². The van der Waals surface area contributed by atoms with E-state index in [-0.39, 0.29) is 5.92 Å². The molecule has 4 aromatic rings. The molecule has 0 saturated heterocycles. The number of hydrogen-bond donors (Lipinski definition) is 2. The topological polar surface area (TPSA) is 102 Å². The van der Waals surface area contributed by atoms with Gasteiger partial charge in [-0.05, 0) is 58.2 Å². The van der Waals surface area contributed by atoms with Gasteiger partial charge >= 0.3 is 5.97 Å². The highest BCUT2D eigenvalue weighted by Crippen LogP contribution is 2.29. The summed E-state index contributed by atoms with van der Waals surface area (Å²) in [4.78, 5) is 21.1. The van der Waals surface area contributed by atoms with Gasteiger partial charge in [-0.3, -0.25) is 0 Å². The fraction of sp³-hybridized carbons (Fsp3) is 0.238. The lowest BCUT2D eigenvalue weighted by Crippen LogP contribution is -2.35. The first kappa shape index (κ1) is 20.1. The van der Waals surface area contributed by atoms with Crippen molar-refractivity contribution in [3.63, 3.8) is 0 Å². The van der Waals surface area contributed by atoms with Gasteiger partial charge in [0.25, 0.3) is 0 Å². The van der Waals surface area contributed by atoms with E-state index in [9.17, 15) is 9.90 Å². The Morgan fingerprint density at radius 1 is 1.17 bits per heavy atom. The van der Waals surface area contributed by atoms with Crippen molar-refractivity contribution in [3.05, 3.63) is 46.9 Å². The van der Waals surface area contributed by atoms with Crippen molar-refractivity contribution in [2.45, 2.75) is 19.9 Å². The zero-order valence-electron chi connectivity index (χ0n) is 16.6. The third kappa shape index (κ3) is 3.56. The number of nitrogens with one attached hydrogen (secondary N) is 1. The van der Waals surface area contributed by atoms with Crippen molar-refractivity contribution in [1.29, 1.82) is 0 Å². The van der Waals surface area contributed by atoms with Gasteiger partial charge < -0.3 is 15.2 Å². The van der Waals surface area contributed by atoms with E-state index in [1.807, 2.05) is 56.3 Å². The van der Waals surface area contributed by atoms with Crippen LogP contribution in [0.1, 0.15) is 13.8 Å². The average Bonchev–Trinajstić information content (AvgIpc) is 3.18. The maximum Gasteiger partial charge on any atom is 0.326 e. The Morgan fingerprint density at radius 2 is 1.90 bits per heavy atom. The van der Waals surface area contributed by atoms with Crippen molar-refractivity contribution < 1.29 is 14.6 Å². The monoisotopic (exact) mass is 469 g/mol. The Labute approximate surface area is 181 Å². The zero-order valence-corrected chi connectivity index (χ0v) is 18.2. The number of para-hydroxylation sites is 1. The van der Waals surface area contributed by atoms with Crippen molar-refractivity contribution >= 4 is 44.4 Å². The molecule has 8 nitrogen and oxygen atoms in total. The van der Waals surface area contributed by atoms with Crippen LogP contribution in [-0.2, 0) is 4.79 Å². The number of rotatable bonds is 6. The van der Waals surface area contributed by atoms with E-state index in [2.05, 4.69) is 31.3 Å². The molecule has 0 spiro atoms. The number of ether oxygens (including phenoxy) is 1. The van der Waals surface area contributed by atoms with E-state index in [0.29, 0.717) is 22.9 Å². The van der Waals surface area contributed by atoms with Crippen LogP contribution in [-0.4, -0.2) is 43.8 Å². The summed E-state index contributed by atoms with van der Waals surface area (Å²) in [6, 6.07) is 12.3. The Bertz CT molecular complexity index is 1240. The van der Waals surface area contributed by atoms with Gasteiger partial charge in [-0.15, -0.1) is 5.10 Å². The largest absolute Gasteiger partial charge is 0.497 e. The molecule has 0 amide bonds. The molecule has 2 aromatic heterocycles. The number of methoxy groups -OCH3 is 1. The summed E-state index contributed by atoms with van der Waals surface area (Å²) >= 11 is 3.53. The van der Waals surface area contributed by atoms with Crippen molar-refractivity contribution in [2.75, 3.05) is 12.4 Å². The molecule has 2 heterocycles. The normalized spacial score (nSPS) is 12.4. The summed E-state index contributed by atoms with van der Waals surface area (Å²) in [6.07, 6.45) is 0. The van der Waals surface area contributed by atoms with Gasteiger partial charge in [0, 0.05) is 15.4 Å². The first-order valence-corrected chi connectivity index (χ1v) is 10.2. The molecule has 1 unspecified atom stereocenters. The predicted octanol–water partition coefficient (Wildman–Crippen LogP) is 4.24. The lowest BCUT2D eigenvalue weighted by atomic mass is 10.1. The molecule has 2 aromatic carbocycles. The van der Waals surface area contributed by atoms with Crippen molar-refractivity contribution in [2.24, 2.45) is 5.92 Å². The molecule has 0 fully saturated rings. The number of aliphatic carboxylic acids is 1. The maximum absolute atomic E-state index is 11.7. The number of fused-ring (bicyclic) bond motifs is 3. The highest BCUT2D eigenvalue weighted by molar-refractivity contribution is 9.10. The van der Waals surface area contributed by atoms with Crippen LogP contribution in [0.4, 0.5) is 5.95 Å². The third-order valence-corrected chi connectivity index (χ3v) is 5.46. The summed E-state index contributed by atoms with van der Waals surface area (Å²) < 4.78 is 7.57. The molecule has 0 bridgehead atoms. The van der Waals surface area contributed by atoms with Crippen LogP contribution >= 0.6 is 15.9 Å². The molecule has 9 heteroatoms. The summed E-state index contributed by atoms with van der Waals surface area (Å²) in [5, 5.41) is 18.1. The predicted molar refractivity (Wildman–Crippen MR) is 118 cm³/mol. The second kappa shape index (κ2) is 7.91. The smallest absolute Gasteiger partial charge is 0.326 e. The Hall–Kier alpha value is -3.20. The Balaban J connectivity index is 1.93. The number of benzene rings is 2. The number of carbonyl (C=O) groups is 1. The molecule has 4 rings (SSSR count). The number of hydrogen-bond acceptors (Lipinski definition) is 6. The van der Waals surface area contributed by atoms with Gasteiger partial charge in [-0.1, -0.05) is 19.9 Å². The molecule has 0 saturated carbocycles. The van der Waals surface area contributed by atoms with Crippen molar-refractivity contribution in [1.82, 2.24) is 19.6 Å². The van der Waals surface area contributed by atoms with Crippen LogP contribution in [0.3, 0.4) is 0 Å². The molecular weight excluding hydrogens is 450 g/mol. The summed E-state index contributed by atoms with van der Waals surface area (Å²) in [6.45, 7) is 3.67. The molecule has 2 N–H and O–H groups in total. The van der Waals surface area contributed by atoms with E-state index in [0.717, 1.165) is 21.2 Å². The highest BCUT2D eigenvalue weighted by atomic mass is 79.9. The fourth-order valence-corrected chi connectivity index (χ4v) is 3.66. The van der Waals surface area contributed by atoms with Crippen molar-refractivity contribution in [3.8, 4) is 17.1 Å². The zero-order chi connectivity index (χ0) is 21.4. The fourth-order valence-electron chi connectivity index (χ4n) is 3.21. The highest BCUT2D eigenvalue weighted by Gasteiger charge is 2.24. The molecule has 154 valence electrons. The SMILES string of the molecule is COc1ccc(-c2nc3c4cccc(Br)c4nc(NC(C(=O)O)C(C)C)n3n2)cc1. The van der Waals surface area contributed by atoms with Gasteiger partial charge in [0.05, 0.1) is 12.6 Å². The first-order chi connectivity index (χ1) is 14.4. The number of carboxylic acids is 1. The summed E-state index contributed by atoms with van der Waals surface area (Å²) in [7, 11) is 1.61. The van der Waals surface area contributed by atoms with Gasteiger partial charge in [-0.2, -0.15) is 4.52 Å². The number of nitrogens with zero attached hydrogens (tertiary/aromatic N) is 4. The van der Waals surface area contributed by atoms with Crippen LogP contribution in [0.25, 0.3) is 27.9 Å². The minimum atomic E-state index is -0.956. The average molecular weight is 470 g/mol. The summed E-state index contributed by atoms with van der Waals surface area (Å²) in [5.74, 6) is 0.452. The quantitative estimate of drug-likeness (QED) is 0.435. The lowest BCUT2D eigenvalue weighted by molar-refractivity contribution is -0.138. The molecule has 0 radical (unpaired) electrons. The molecule has 0 aliphatic heterocycles. The standard InChI is InChI=1S/C21H20BrN5O3/c1-11(2)16(20(28)29)23-21-24-17-14(5-4-6-15(17)22)19-25-18(26-27(19)21)12-7-9-13(30-3)10-8-12/h4-11,16H,1-3H3,(H,23,24)(H,28,29). The minimum absolute atomic E-state index is 0.154. The molecule has 0 aliphatic carbocycles. The number of carboxylic acid groups (broad SMARTS) is 1. The van der Waals surface area contributed by atoms with Gasteiger partial charge in [0.2, 0.25) is 5.95 Å². The van der Waals surface area contributed by atoms with Gasteiger partial charge in [0.15, 0.2) is 11.5 Å². The van der Waals surface area contributed by atoms with E-state index >= 15 is 0 Å². The second-order valence-corrected chi connectivity index (χ2v) is 8.03. The van der Waals surface area contributed by atoms with E-state index < -0.39 is 12.0 Å². The van der Waals surface area contributed by atoms with Gasteiger partial charge in [-0.25, -0.2) is 14.8 Å².